The molecule has 4 aliphatic carbocycles. The summed E-state index contributed by atoms with van der Waals surface area (Å²) in [7, 11) is 19.2. The van der Waals surface area contributed by atoms with E-state index in [1.807, 2.05) is 11.8 Å². The van der Waals surface area contributed by atoms with E-state index >= 15 is 0 Å². The van der Waals surface area contributed by atoms with E-state index in [1.165, 1.54) is 119 Å². The molecule has 0 spiro atoms. The van der Waals surface area contributed by atoms with Crippen LogP contribution in [0.15, 0.2) is 34.1 Å². The number of hydrogen-bond donors (Lipinski definition) is 10. The van der Waals surface area contributed by atoms with Crippen LogP contribution in [0.3, 0.4) is 0 Å². The molecular weight excluding hydrogens is 1080 g/mol. The fourth-order valence-corrected chi connectivity index (χ4v) is 12.3. The van der Waals surface area contributed by atoms with Gasteiger partial charge in [0.1, 0.15) is 0 Å². The third-order valence-electron chi connectivity index (χ3n) is 13.9. The van der Waals surface area contributed by atoms with Crippen LogP contribution in [0.25, 0.3) is 0 Å². The minimum atomic E-state index is -0.785. The molecule has 2 aliphatic heterocycles. The fourth-order valence-electron chi connectivity index (χ4n) is 10.6. The number of carboxylic acid groups (broad SMARTS) is 1. The normalized spacial score (nSPS) is 27.8. The predicted molar refractivity (Wildman–Crippen MR) is 283 cm³/mol. The first-order chi connectivity index (χ1) is 33.3. The van der Waals surface area contributed by atoms with Gasteiger partial charge in [0.15, 0.2) is 0 Å². The molecular formula is C48H82Cl4Mn2N10O3S2. The Morgan fingerprint density at radius 1 is 0.507 bits per heavy atom. The number of halogens is 4. The zero-order chi connectivity index (χ0) is 48.2. The standard InChI is InChI=1S/C24H41N5OS.C23H37N5O2S.CH4.4ClH.2Mn/c30-12-5-13-31-20-14-18-16-27-23-8-3-1-6-21(23)25-10-11-26-22-7-2-4-9-24(22)28-17-19(15-20)29-18;29-23(30)15-31-18-11-16-13-26-21-7-3-1-5-19(21)24-9-10-25-20-6-2-4-8-22(20)27-14-17(12-18)28-16;;;;;;;/h14-15,21-28,30H,1-13,16-17H2;11-12,19-22,24-27H,1-10,13-15H2,(H,29,30);1H4;4*1H;;/q;;;;;;;2*+2/p-4/t21-,22-,23-,24-;19-,20-,21-,22-;;;;;;;/m11......./s1. The third kappa shape index (κ3) is 23.8. The molecule has 4 bridgehead atoms. The maximum absolute atomic E-state index is 11.1. The Morgan fingerprint density at radius 3 is 1.03 bits per heavy atom. The van der Waals surface area contributed by atoms with Crippen molar-refractivity contribution >= 4 is 69.9 Å². The van der Waals surface area contributed by atoms with Crippen molar-refractivity contribution in [3.8, 4) is 0 Å². The van der Waals surface area contributed by atoms with Crippen LogP contribution in [-0.2, 0) is 57.2 Å². The molecule has 4 fully saturated rings. The number of aliphatic hydroxyl groups excluding tert-OH is 1. The van der Waals surface area contributed by atoms with Crippen molar-refractivity contribution in [1.82, 2.24) is 52.5 Å². The Bertz CT molecular complexity index is 1610. The summed E-state index contributed by atoms with van der Waals surface area (Å²) in [4.78, 5) is 23.3. The molecule has 396 valence electrons. The number of aliphatic carboxylic acids is 1. The van der Waals surface area contributed by atoms with E-state index in [9.17, 15) is 4.79 Å². The monoisotopic (exact) mass is 1160 g/mol. The summed E-state index contributed by atoms with van der Waals surface area (Å²) in [5, 5.41) is 48.7. The molecule has 0 unspecified atom stereocenters. The second kappa shape index (κ2) is 37.1. The second-order valence-corrected chi connectivity index (χ2v) is 24.7. The Morgan fingerprint density at radius 2 is 0.768 bits per heavy atom. The molecule has 4 saturated carbocycles. The maximum atomic E-state index is 11.1. The van der Waals surface area contributed by atoms with Gasteiger partial charge in [0, 0.05) is 123 Å². The van der Waals surface area contributed by atoms with E-state index < -0.39 is 5.97 Å². The molecule has 4 heterocycles. The first-order valence-electron chi connectivity index (χ1n) is 25.0. The molecule has 6 aliphatic rings. The van der Waals surface area contributed by atoms with Gasteiger partial charge in [0.05, 0.1) is 28.5 Å². The van der Waals surface area contributed by atoms with Crippen molar-refractivity contribution in [1.29, 1.82) is 0 Å². The van der Waals surface area contributed by atoms with Gasteiger partial charge in [-0.15, -0.1) is 23.5 Å². The Labute approximate surface area is 452 Å². The molecule has 13 nitrogen and oxygen atoms in total. The number of aliphatic hydroxyl groups is 1. The SMILES string of the molecule is C.O=C(O)CSc1cc2nc(c1)CN[C@@H]1CCCC[C@H]1NCCN[C@@H]1CCCC[C@H]1NC2.OCCCSc1cc2nc(c1)CN[C@@H]1CCCC[C@H]1NCCN[C@@H]1CCCC[C@H]1NC2.[Cl][Mn][Cl].[Cl][Mn][Cl]. The van der Waals surface area contributed by atoms with E-state index in [1.54, 1.807) is 0 Å². The molecule has 8 rings (SSSR count). The van der Waals surface area contributed by atoms with Crippen molar-refractivity contribution in [2.45, 2.75) is 201 Å². The Balaban J connectivity index is 0.000000266. The van der Waals surface area contributed by atoms with Gasteiger partial charge in [-0.2, -0.15) is 0 Å². The van der Waals surface area contributed by atoms with Crippen molar-refractivity contribution < 1.29 is 41.3 Å². The number of nitrogens with one attached hydrogen (secondary N) is 8. The topological polar surface area (TPSA) is 180 Å². The van der Waals surface area contributed by atoms with Gasteiger partial charge in [-0.05, 0) is 82.1 Å². The van der Waals surface area contributed by atoms with Crippen LogP contribution in [0.1, 0.15) is 139 Å². The van der Waals surface area contributed by atoms with Crippen LogP contribution < -0.4 is 42.5 Å². The molecule has 0 radical (unpaired) electrons. The number of carbonyl (C=O) groups is 1. The first kappa shape index (κ1) is 61.9. The number of thioether (sulfide) groups is 2. The zero-order valence-corrected chi connectivity index (χ0v) is 46.5. The number of fused-ring (bicyclic) bond motifs is 8. The number of rotatable bonds is 7. The van der Waals surface area contributed by atoms with Gasteiger partial charge in [-0.3, -0.25) is 14.8 Å². The molecule has 10 N–H and O–H groups in total. The summed E-state index contributed by atoms with van der Waals surface area (Å²) in [5.41, 5.74) is 4.29. The number of hydrogen-bond acceptors (Lipinski definition) is 14. The minimum absolute atomic E-state index is 0. The van der Waals surface area contributed by atoms with Gasteiger partial charge in [-0.25, -0.2) is 0 Å². The first-order valence-corrected chi connectivity index (χ1v) is 33.5. The van der Waals surface area contributed by atoms with Crippen LogP contribution >= 0.6 is 63.9 Å². The fraction of sp³-hybridized carbons (Fsp3) is 0.771. The number of aromatic nitrogens is 2. The predicted octanol–water partition coefficient (Wildman–Crippen LogP) is 8.19. The zero-order valence-electron chi connectivity index (χ0n) is 39.5. The van der Waals surface area contributed by atoms with Crippen LogP contribution in [-0.4, -0.2) is 119 Å². The van der Waals surface area contributed by atoms with E-state index in [2.05, 4.69) is 66.8 Å². The van der Waals surface area contributed by atoms with Crippen molar-refractivity contribution in [3.05, 3.63) is 47.0 Å². The van der Waals surface area contributed by atoms with E-state index in [4.69, 9.17) is 60.6 Å². The number of carboxylic acids is 1. The average molecular weight is 1160 g/mol. The molecule has 69 heavy (non-hydrogen) atoms. The summed E-state index contributed by atoms with van der Waals surface area (Å²) < 4.78 is 0. The van der Waals surface area contributed by atoms with Crippen molar-refractivity contribution in [2.75, 3.05) is 44.3 Å². The van der Waals surface area contributed by atoms with Gasteiger partial charge in [0.2, 0.25) is 0 Å². The summed E-state index contributed by atoms with van der Waals surface area (Å²) >= 11 is 3.23. The van der Waals surface area contributed by atoms with Crippen LogP contribution in [0.5, 0.6) is 0 Å². The molecule has 2 aromatic rings. The van der Waals surface area contributed by atoms with Crippen molar-refractivity contribution in [2.24, 2.45) is 0 Å². The van der Waals surface area contributed by atoms with Crippen LogP contribution in [0.2, 0.25) is 0 Å². The third-order valence-corrected chi connectivity index (χ3v) is 15.9. The van der Waals surface area contributed by atoms with Gasteiger partial charge < -0.3 is 52.7 Å². The molecule has 21 heteroatoms. The molecule has 0 aromatic carbocycles. The summed E-state index contributed by atoms with van der Waals surface area (Å²) in [5.74, 6) is 0.239. The second-order valence-electron chi connectivity index (χ2n) is 18.6. The average Bonchev–Trinajstić information content (AvgIpc) is 3.35. The molecule has 8 atom stereocenters. The van der Waals surface area contributed by atoms with Gasteiger partial charge in [-0.1, -0.05) is 58.8 Å². The van der Waals surface area contributed by atoms with Crippen LogP contribution in [0, 0.1) is 0 Å². The number of pyridine rings is 2. The van der Waals surface area contributed by atoms with E-state index in [0.717, 1.165) is 92.2 Å². The van der Waals surface area contributed by atoms with Crippen molar-refractivity contribution in [3.63, 3.8) is 0 Å². The molecule has 2 aromatic heterocycles. The Hall–Kier alpha value is 0.309. The summed E-state index contributed by atoms with van der Waals surface area (Å²) in [6, 6.07) is 12.7. The quantitative estimate of drug-likeness (QED) is 0.0729. The molecule has 0 amide bonds. The van der Waals surface area contributed by atoms with E-state index in [0.29, 0.717) is 48.3 Å². The number of nitrogens with zero attached hydrogens (tertiary/aromatic N) is 2. The summed E-state index contributed by atoms with van der Waals surface area (Å²) in [6.45, 7) is 7.47. The summed E-state index contributed by atoms with van der Waals surface area (Å²) in [6.07, 6.45) is 21.1. The molecule has 0 saturated heterocycles. The van der Waals surface area contributed by atoms with Gasteiger partial charge >= 0.3 is 72.6 Å². The Kier molecular flexibility index (Phi) is 33.3. The van der Waals surface area contributed by atoms with Crippen LogP contribution in [0.4, 0.5) is 0 Å². The van der Waals surface area contributed by atoms with E-state index in [-0.39, 0.29) is 46.1 Å². The van der Waals surface area contributed by atoms with Gasteiger partial charge in [0.25, 0.3) is 0 Å².